The number of fused-ring (bicyclic) bond motifs is 6. The van der Waals surface area contributed by atoms with E-state index in [4.69, 9.17) is 27.9 Å². The molecular formula is C30H16Mn2O6. The number of hydrogen-bond donors (Lipinski definition) is 0. The van der Waals surface area contributed by atoms with Crippen LogP contribution in [0.2, 0.25) is 0 Å². The molecule has 0 atom stereocenters. The van der Waals surface area contributed by atoms with Crippen LogP contribution >= 0.6 is 0 Å². The van der Waals surface area contributed by atoms with Gasteiger partial charge in [0, 0.05) is 93.3 Å². The van der Waals surface area contributed by atoms with E-state index in [-0.39, 0.29) is 34.1 Å². The molecule has 6 aliphatic rings. The molecule has 0 unspecified atom stereocenters. The van der Waals surface area contributed by atoms with Crippen LogP contribution in [-0.2, 0) is 62.1 Å². The molecule has 0 N–H and O–H groups in total. The van der Waals surface area contributed by atoms with E-state index in [9.17, 15) is 0 Å². The van der Waals surface area contributed by atoms with Gasteiger partial charge in [0.25, 0.3) is 0 Å². The van der Waals surface area contributed by atoms with Gasteiger partial charge in [-0.05, 0) is 12.8 Å². The van der Waals surface area contributed by atoms with E-state index in [0.717, 1.165) is 12.8 Å². The van der Waals surface area contributed by atoms with Crippen molar-refractivity contribution in [1.29, 1.82) is 0 Å². The Kier molecular flexibility index (Phi) is 24.3. The SMILES string of the molecule is C1=C[C]2[C](C=C1)[C]([C]1[C]3C=CC=C[C]3[C]3CC=C[C]31)[C]1C=CC[C]21.[C-]#[O+].[C-]#[O+].[C-]#[O+].[C-]#[O+].[C-]#[O+].[C-]#[O+].[Mn].[Mn]. The van der Waals surface area contributed by atoms with E-state index in [0.29, 0.717) is 0 Å². The average Bonchev–Trinajstić information content (AvgIpc) is 3.78. The third kappa shape index (κ3) is 7.97. The van der Waals surface area contributed by atoms with Crippen LogP contribution in [0.5, 0.6) is 0 Å². The van der Waals surface area contributed by atoms with Crippen molar-refractivity contribution in [3.05, 3.63) is 172 Å². The second-order valence-electron chi connectivity index (χ2n) is 6.84. The molecule has 186 valence electrons. The second-order valence-corrected chi connectivity index (χ2v) is 6.84. The van der Waals surface area contributed by atoms with E-state index in [1.54, 1.807) is 0 Å². The minimum absolute atomic E-state index is 0. The Morgan fingerprint density at radius 2 is 0.632 bits per heavy atom. The summed E-state index contributed by atoms with van der Waals surface area (Å²) in [5, 5.41) is 0. The smallest absolute Gasteiger partial charge is 0 e. The van der Waals surface area contributed by atoms with Crippen molar-refractivity contribution in [1.82, 2.24) is 0 Å². The molecular weight excluding hydrogens is 566 g/mol. The maximum absolute atomic E-state index is 7.50. The van der Waals surface area contributed by atoms with E-state index >= 15 is 0 Å². The first-order valence-corrected chi connectivity index (χ1v) is 9.90. The average molecular weight is 582 g/mol. The first-order chi connectivity index (χ1) is 17.9. The van der Waals surface area contributed by atoms with Gasteiger partial charge in [-0.3, -0.25) is 0 Å². The maximum Gasteiger partial charge on any atom is 0 e. The summed E-state index contributed by atoms with van der Waals surface area (Å²) in [5.41, 5.74) is 0. The zero-order valence-electron chi connectivity index (χ0n) is 19.5. The molecule has 0 amide bonds. The van der Waals surface area contributed by atoms with Crippen molar-refractivity contribution in [2.75, 3.05) is 0 Å². The summed E-state index contributed by atoms with van der Waals surface area (Å²) >= 11 is 0. The van der Waals surface area contributed by atoms with Crippen molar-refractivity contribution < 1.29 is 62.1 Å². The van der Waals surface area contributed by atoms with E-state index in [1.807, 2.05) is 0 Å². The van der Waals surface area contributed by atoms with Crippen LogP contribution in [0.4, 0.5) is 0 Å². The zero-order valence-corrected chi connectivity index (χ0v) is 21.9. The largest absolute Gasteiger partial charge is 0 e. The summed E-state index contributed by atoms with van der Waals surface area (Å²) in [6, 6.07) is 0. The second kappa shape index (κ2) is 22.9. The topological polar surface area (TPSA) is 119 Å². The van der Waals surface area contributed by atoms with Crippen molar-refractivity contribution >= 4 is 0 Å². The van der Waals surface area contributed by atoms with E-state index in [2.05, 4.69) is 113 Å². The monoisotopic (exact) mass is 582 g/mol. The normalized spacial score (nSPS) is 20.8. The molecule has 0 saturated heterocycles. The standard InChI is InChI=1S/C24H16.6CO.2Mn/c1-3-9-19-15(7-1)17-11-5-13-21(17)23(19)24-20-10-4-2-8-16(20)18-12-6-14-22(18)24;6*1-2;;/h1-10,13-14H,11-12H2;;;;;;;;. The molecule has 0 bridgehead atoms. The van der Waals surface area contributed by atoms with E-state index < -0.39 is 0 Å². The Morgan fingerprint density at radius 1 is 0.368 bits per heavy atom. The van der Waals surface area contributed by atoms with Gasteiger partial charge in [0.05, 0.1) is 0 Å². The van der Waals surface area contributed by atoms with Crippen molar-refractivity contribution in [2.24, 2.45) is 0 Å². The third-order valence-electron chi connectivity index (χ3n) is 5.69. The van der Waals surface area contributed by atoms with Gasteiger partial charge in [-0.1, -0.05) is 72.9 Å². The molecule has 6 aliphatic carbocycles. The van der Waals surface area contributed by atoms with Crippen molar-refractivity contribution in [2.45, 2.75) is 12.8 Å². The van der Waals surface area contributed by atoms with Gasteiger partial charge >= 0.3 is 67.8 Å². The summed E-state index contributed by atoms with van der Waals surface area (Å²) in [4.78, 5) is 0. The summed E-state index contributed by atoms with van der Waals surface area (Å²) in [6.45, 7) is 27.0. The fourth-order valence-electron chi connectivity index (χ4n) is 4.75. The minimum Gasteiger partial charge on any atom is 0 e. The fraction of sp³-hybridized carbons (Fsp3) is 0.0667. The quantitative estimate of drug-likeness (QED) is 0.242. The molecule has 0 aromatic rings. The first kappa shape index (κ1) is 40.4. The van der Waals surface area contributed by atoms with E-state index in [1.165, 1.54) is 59.2 Å². The van der Waals surface area contributed by atoms with Gasteiger partial charge in [-0.25, -0.2) is 0 Å². The summed E-state index contributed by atoms with van der Waals surface area (Å²) < 4.78 is 45.0. The molecule has 2 saturated carbocycles. The summed E-state index contributed by atoms with van der Waals surface area (Å²) in [7, 11) is 0. The van der Waals surface area contributed by atoms with Gasteiger partial charge in [-0.2, -0.15) is 0 Å². The van der Waals surface area contributed by atoms with Crippen LogP contribution < -0.4 is 0 Å². The van der Waals surface area contributed by atoms with Gasteiger partial charge in [-0.15, -0.1) is 0 Å². The molecule has 0 aromatic heterocycles. The molecule has 6 nitrogen and oxygen atoms in total. The molecule has 0 aliphatic heterocycles. The Bertz CT molecular complexity index is 885. The number of rotatable bonds is 1. The maximum atomic E-state index is 7.50. The van der Waals surface area contributed by atoms with Crippen LogP contribution in [-0.4, -0.2) is 0 Å². The molecule has 38 heavy (non-hydrogen) atoms. The van der Waals surface area contributed by atoms with Gasteiger partial charge < -0.3 is 0 Å². The first-order valence-electron chi connectivity index (χ1n) is 9.90. The zero-order chi connectivity index (χ0) is 27.7. The molecule has 0 aromatic carbocycles. The number of allylic oxidation sites excluding steroid dienone is 12. The van der Waals surface area contributed by atoms with Crippen LogP contribution in [0.3, 0.4) is 0 Å². The van der Waals surface area contributed by atoms with Gasteiger partial charge in [0.15, 0.2) is 0 Å². The van der Waals surface area contributed by atoms with Gasteiger partial charge in [0.2, 0.25) is 0 Å². The predicted octanol–water partition coefficient (Wildman–Crippen LogP) is 4.70. The molecule has 8 heteroatoms. The van der Waals surface area contributed by atoms with Crippen LogP contribution in [0.25, 0.3) is 0 Å². The Hall–Kier alpha value is -2.08. The molecule has 2 fully saturated rings. The van der Waals surface area contributed by atoms with Crippen LogP contribution in [0, 0.1) is 99.1 Å². The Morgan fingerprint density at radius 3 is 0.921 bits per heavy atom. The summed E-state index contributed by atoms with van der Waals surface area (Å²) in [5.74, 6) is 14.4. The Labute approximate surface area is 246 Å². The fourth-order valence-corrected chi connectivity index (χ4v) is 4.75. The third-order valence-corrected chi connectivity index (χ3v) is 5.69. The minimum atomic E-state index is 0. The molecule has 0 spiro atoms. The predicted molar refractivity (Wildman–Crippen MR) is 120 cm³/mol. The number of hydrogen-bond acceptors (Lipinski definition) is 0. The van der Waals surface area contributed by atoms with Crippen molar-refractivity contribution in [3.63, 3.8) is 0 Å². The summed E-state index contributed by atoms with van der Waals surface area (Å²) in [6.07, 6.45) is 29.2. The molecule has 0 heterocycles. The Balaban J connectivity index is -0.000000783. The van der Waals surface area contributed by atoms with Gasteiger partial charge in [0.1, 0.15) is 0 Å². The van der Waals surface area contributed by atoms with Crippen molar-refractivity contribution in [3.8, 4) is 0 Å². The molecule has 12 radical (unpaired) electrons. The van der Waals surface area contributed by atoms with Crippen LogP contribution in [0.15, 0.2) is 72.9 Å². The van der Waals surface area contributed by atoms with Crippen LogP contribution in [0.1, 0.15) is 12.8 Å². The molecule has 6 rings (SSSR count).